The smallest absolute Gasteiger partial charge is 0.453 e. The number of ether oxygens (including phenoxy) is 1. The summed E-state index contributed by atoms with van der Waals surface area (Å²) >= 11 is 3.19. The minimum atomic E-state index is -5.54. The average Bonchev–Trinajstić information content (AvgIpc) is 2.75. The zero-order valence-electron chi connectivity index (χ0n) is 15.8. The highest BCUT2D eigenvalue weighted by atomic mass is 79.9. The molecule has 0 aliphatic carbocycles. The first-order chi connectivity index (χ1) is 14.6. The Morgan fingerprint density at radius 1 is 0.968 bits per heavy atom. The number of carbonyl (C=O) groups is 1. The van der Waals surface area contributed by atoms with E-state index >= 15 is 0 Å². The van der Waals surface area contributed by atoms with E-state index in [2.05, 4.69) is 15.9 Å². The van der Waals surface area contributed by atoms with Gasteiger partial charge in [0.05, 0.1) is 10.4 Å². The Bertz CT molecular complexity index is 1170. The molecule has 0 aliphatic rings. The normalized spacial score (nSPS) is 14.2. The van der Waals surface area contributed by atoms with Crippen molar-refractivity contribution in [3.63, 3.8) is 0 Å². The molecule has 31 heavy (non-hydrogen) atoms. The SMILES string of the molecule is O=C(O[C@@H](c1ccc2ccccc2c1)[C@H](Br)CNS(=O)(=O)C(F)(F)F)c1ccccc1. The van der Waals surface area contributed by atoms with Gasteiger partial charge in [0, 0.05) is 6.54 Å². The third-order valence-electron chi connectivity index (χ3n) is 4.45. The van der Waals surface area contributed by atoms with E-state index in [0.717, 1.165) is 10.8 Å². The number of sulfonamides is 1. The predicted octanol–water partition coefficient (Wildman–Crippen LogP) is 4.94. The maximum Gasteiger partial charge on any atom is 0.511 e. The van der Waals surface area contributed by atoms with Crippen LogP contribution in [0.1, 0.15) is 22.0 Å². The van der Waals surface area contributed by atoms with Crippen LogP contribution in [0, 0.1) is 0 Å². The molecule has 5 nitrogen and oxygen atoms in total. The Morgan fingerprint density at radius 3 is 2.23 bits per heavy atom. The van der Waals surface area contributed by atoms with Gasteiger partial charge in [0.2, 0.25) is 0 Å². The Labute approximate surface area is 185 Å². The van der Waals surface area contributed by atoms with E-state index in [4.69, 9.17) is 4.74 Å². The first-order valence-electron chi connectivity index (χ1n) is 9.03. The van der Waals surface area contributed by atoms with Gasteiger partial charge >= 0.3 is 21.5 Å². The van der Waals surface area contributed by atoms with Gasteiger partial charge < -0.3 is 4.74 Å². The molecule has 0 aromatic heterocycles. The molecule has 0 fully saturated rings. The highest BCUT2D eigenvalue weighted by Crippen LogP contribution is 2.31. The van der Waals surface area contributed by atoms with Gasteiger partial charge in [-0.05, 0) is 34.5 Å². The largest absolute Gasteiger partial charge is 0.511 e. The third kappa shape index (κ3) is 5.63. The Kier molecular flexibility index (Phi) is 7.03. The van der Waals surface area contributed by atoms with Crippen molar-refractivity contribution in [1.29, 1.82) is 0 Å². The number of halogens is 4. The molecular weight excluding hydrogens is 499 g/mol. The first kappa shape index (κ1) is 23.2. The number of fused-ring (bicyclic) bond motifs is 1. The monoisotopic (exact) mass is 515 g/mol. The predicted molar refractivity (Wildman–Crippen MR) is 114 cm³/mol. The van der Waals surface area contributed by atoms with Crippen molar-refractivity contribution in [2.45, 2.75) is 16.4 Å². The molecular formula is C21H17BrF3NO4S. The quantitative estimate of drug-likeness (QED) is 0.357. The Hall–Kier alpha value is -2.43. The van der Waals surface area contributed by atoms with E-state index in [1.165, 1.54) is 16.9 Å². The lowest BCUT2D eigenvalue weighted by Gasteiger charge is -2.24. The molecule has 3 aromatic carbocycles. The number of benzene rings is 3. The Morgan fingerprint density at radius 2 is 1.58 bits per heavy atom. The number of rotatable bonds is 7. The molecule has 0 bridgehead atoms. The second-order valence-corrected chi connectivity index (χ2v) is 9.55. The van der Waals surface area contributed by atoms with Gasteiger partial charge in [-0.1, -0.05) is 70.5 Å². The molecule has 0 spiro atoms. The van der Waals surface area contributed by atoms with Crippen LogP contribution in [0.4, 0.5) is 13.2 Å². The summed E-state index contributed by atoms with van der Waals surface area (Å²) in [6.45, 7) is -0.651. The van der Waals surface area contributed by atoms with E-state index < -0.39 is 39.0 Å². The van der Waals surface area contributed by atoms with Gasteiger partial charge in [-0.15, -0.1) is 0 Å². The van der Waals surface area contributed by atoms with Gasteiger partial charge in [0.15, 0.2) is 0 Å². The third-order valence-corrected chi connectivity index (χ3v) is 6.41. The molecule has 3 rings (SSSR count). The van der Waals surface area contributed by atoms with Crippen LogP contribution in [0.25, 0.3) is 10.8 Å². The van der Waals surface area contributed by atoms with Crippen LogP contribution in [0.15, 0.2) is 72.8 Å². The van der Waals surface area contributed by atoms with Crippen molar-refractivity contribution < 1.29 is 31.1 Å². The number of nitrogens with one attached hydrogen (secondary N) is 1. The number of hydrogen-bond donors (Lipinski definition) is 1. The molecule has 1 N–H and O–H groups in total. The highest BCUT2D eigenvalue weighted by molar-refractivity contribution is 9.09. The summed E-state index contributed by atoms with van der Waals surface area (Å²) in [5, 5.41) is 1.75. The molecule has 0 saturated heterocycles. The van der Waals surface area contributed by atoms with E-state index in [-0.39, 0.29) is 5.56 Å². The molecule has 2 atom stereocenters. The molecule has 164 valence electrons. The van der Waals surface area contributed by atoms with Crippen molar-refractivity contribution in [2.75, 3.05) is 6.54 Å². The standard InChI is InChI=1S/C21H17BrF3NO4S/c22-18(13-26-31(28,29)21(23,24)25)19(30-20(27)15-7-2-1-3-8-15)17-11-10-14-6-4-5-9-16(14)12-17/h1-12,18-19,26H,13H2/t18-,19+/m1/s1. The maximum atomic E-state index is 12.7. The van der Waals surface area contributed by atoms with Crippen molar-refractivity contribution in [2.24, 2.45) is 0 Å². The second-order valence-electron chi connectivity index (χ2n) is 6.61. The van der Waals surface area contributed by atoms with E-state index in [1.54, 1.807) is 36.4 Å². The summed E-state index contributed by atoms with van der Waals surface area (Å²) in [7, 11) is -5.54. The fourth-order valence-corrected chi connectivity index (χ4v) is 4.22. The number of esters is 1. The maximum absolute atomic E-state index is 12.7. The molecule has 0 aliphatic heterocycles. The number of alkyl halides is 4. The van der Waals surface area contributed by atoms with E-state index in [9.17, 15) is 26.4 Å². The van der Waals surface area contributed by atoms with E-state index in [0.29, 0.717) is 5.56 Å². The highest BCUT2D eigenvalue weighted by Gasteiger charge is 2.46. The molecule has 0 radical (unpaired) electrons. The summed E-state index contributed by atoms with van der Waals surface area (Å²) < 4.78 is 67.8. The van der Waals surface area contributed by atoms with Gasteiger partial charge in [0.25, 0.3) is 0 Å². The molecule has 0 unspecified atom stereocenters. The van der Waals surface area contributed by atoms with Crippen molar-refractivity contribution in [1.82, 2.24) is 4.72 Å². The average molecular weight is 516 g/mol. The lowest BCUT2D eigenvalue weighted by molar-refractivity contribution is -0.0448. The fraction of sp³-hybridized carbons (Fsp3) is 0.190. The topological polar surface area (TPSA) is 72.5 Å². The summed E-state index contributed by atoms with van der Waals surface area (Å²) in [5.74, 6) is -0.693. The van der Waals surface area contributed by atoms with Crippen LogP contribution in [-0.2, 0) is 14.8 Å². The van der Waals surface area contributed by atoms with Crippen LogP contribution in [0.2, 0.25) is 0 Å². The molecule has 10 heteroatoms. The first-order valence-corrected chi connectivity index (χ1v) is 11.4. The second kappa shape index (κ2) is 9.37. The van der Waals surface area contributed by atoms with Crippen LogP contribution >= 0.6 is 15.9 Å². The van der Waals surface area contributed by atoms with Crippen LogP contribution in [-0.4, -0.2) is 31.3 Å². The van der Waals surface area contributed by atoms with Gasteiger partial charge in [-0.3, -0.25) is 0 Å². The minimum absolute atomic E-state index is 0.254. The van der Waals surface area contributed by atoms with Crippen LogP contribution in [0.3, 0.4) is 0 Å². The zero-order valence-corrected chi connectivity index (χ0v) is 18.2. The molecule has 0 saturated carbocycles. The van der Waals surface area contributed by atoms with Gasteiger partial charge in [0.1, 0.15) is 6.10 Å². The van der Waals surface area contributed by atoms with Crippen molar-refractivity contribution >= 4 is 42.7 Å². The van der Waals surface area contributed by atoms with Crippen LogP contribution in [0.5, 0.6) is 0 Å². The number of hydrogen-bond acceptors (Lipinski definition) is 4. The summed E-state index contributed by atoms with van der Waals surface area (Å²) in [5.41, 5.74) is -4.70. The molecule has 0 heterocycles. The number of carbonyl (C=O) groups excluding carboxylic acids is 1. The van der Waals surface area contributed by atoms with Gasteiger partial charge in [-0.25, -0.2) is 17.9 Å². The Balaban J connectivity index is 1.90. The fourth-order valence-electron chi connectivity index (χ4n) is 2.87. The van der Waals surface area contributed by atoms with Crippen molar-refractivity contribution in [3.05, 3.63) is 83.9 Å². The van der Waals surface area contributed by atoms with Crippen LogP contribution < -0.4 is 4.72 Å². The van der Waals surface area contributed by atoms with Crippen molar-refractivity contribution in [3.8, 4) is 0 Å². The lowest BCUT2D eigenvalue weighted by Crippen LogP contribution is -2.40. The summed E-state index contributed by atoms with van der Waals surface area (Å²) in [4.78, 5) is 11.6. The lowest BCUT2D eigenvalue weighted by atomic mass is 10.0. The molecule has 3 aromatic rings. The molecule has 0 amide bonds. The minimum Gasteiger partial charge on any atom is -0.453 e. The van der Waals surface area contributed by atoms with Gasteiger partial charge in [-0.2, -0.15) is 13.2 Å². The summed E-state index contributed by atoms with van der Waals surface area (Å²) in [6.07, 6.45) is -1.06. The zero-order chi connectivity index (χ0) is 22.6. The summed E-state index contributed by atoms with van der Waals surface area (Å²) in [6, 6.07) is 20.7. The van der Waals surface area contributed by atoms with E-state index in [1.807, 2.05) is 24.3 Å².